The number of aromatic nitrogens is 3. The quantitative estimate of drug-likeness (QED) is 0.792. The van der Waals surface area contributed by atoms with Crippen molar-refractivity contribution >= 4 is 0 Å². The zero-order valence-corrected chi connectivity index (χ0v) is 8.07. The molecule has 0 fully saturated rings. The molecule has 2 rings (SSSR count). The Balaban J connectivity index is 2.33. The van der Waals surface area contributed by atoms with Crippen molar-refractivity contribution in [3.8, 4) is 6.07 Å². The molecule has 0 atom stereocenters. The molecule has 2 aromatic rings. The topological polar surface area (TPSA) is 65.4 Å². The van der Waals surface area contributed by atoms with Crippen molar-refractivity contribution < 1.29 is 0 Å². The van der Waals surface area contributed by atoms with E-state index >= 15 is 0 Å². The van der Waals surface area contributed by atoms with Gasteiger partial charge in [0, 0.05) is 6.42 Å². The van der Waals surface area contributed by atoms with Gasteiger partial charge >= 0.3 is 0 Å². The van der Waals surface area contributed by atoms with Crippen LogP contribution in [0.2, 0.25) is 0 Å². The minimum Gasteiger partial charge on any atom is -0.262 e. The Bertz CT molecular complexity index is 507. The molecule has 0 unspecified atom stereocenters. The van der Waals surface area contributed by atoms with Crippen molar-refractivity contribution in [3.63, 3.8) is 0 Å². The fourth-order valence-corrected chi connectivity index (χ4v) is 1.39. The molecule has 0 amide bonds. The Morgan fingerprint density at radius 3 is 2.87 bits per heavy atom. The third kappa shape index (κ3) is 1.86. The van der Waals surface area contributed by atoms with E-state index < -0.39 is 0 Å². The summed E-state index contributed by atoms with van der Waals surface area (Å²) in [5.74, 6) is 0. The molecule has 1 aromatic heterocycles. The molecule has 0 saturated heterocycles. The van der Waals surface area contributed by atoms with Crippen molar-refractivity contribution in [2.45, 2.75) is 6.42 Å². The molecule has 0 aliphatic rings. The van der Waals surface area contributed by atoms with Gasteiger partial charge in [0.05, 0.1) is 23.0 Å². The maximum Gasteiger partial charge on any atom is 0.0994 e. The van der Waals surface area contributed by atoms with Crippen LogP contribution in [-0.2, 0) is 6.42 Å². The van der Waals surface area contributed by atoms with Crippen LogP contribution in [0.15, 0.2) is 24.3 Å². The van der Waals surface area contributed by atoms with Crippen LogP contribution < -0.4 is 0 Å². The SMILES string of the molecule is [CH2]c1nn[nH]c1Cc1ccccc1C#N. The first-order valence-corrected chi connectivity index (χ1v) is 4.51. The molecule has 0 spiro atoms. The first-order valence-electron chi connectivity index (χ1n) is 4.51. The molecule has 1 N–H and O–H groups in total. The summed E-state index contributed by atoms with van der Waals surface area (Å²) in [6, 6.07) is 9.61. The Morgan fingerprint density at radius 2 is 2.20 bits per heavy atom. The molecule has 4 heteroatoms. The van der Waals surface area contributed by atoms with Gasteiger partial charge in [-0.2, -0.15) is 5.26 Å². The van der Waals surface area contributed by atoms with Crippen molar-refractivity contribution in [1.29, 1.82) is 5.26 Å². The van der Waals surface area contributed by atoms with Gasteiger partial charge in [-0.1, -0.05) is 23.4 Å². The molecule has 1 aromatic carbocycles. The van der Waals surface area contributed by atoms with Gasteiger partial charge in [0.25, 0.3) is 0 Å². The molecular weight excluding hydrogens is 188 g/mol. The van der Waals surface area contributed by atoms with Gasteiger partial charge in [-0.3, -0.25) is 5.10 Å². The number of rotatable bonds is 2. The minimum absolute atomic E-state index is 0.607. The highest BCUT2D eigenvalue weighted by Crippen LogP contribution is 2.13. The first-order chi connectivity index (χ1) is 7.31. The van der Waals surface area contributed by atoms with Crippen LogP contribution >= 0.6 is 0 Å². The Hall–Kier alpha value is -2.15. The molecule has 0 aliphatic carbocycles. The third-order valence-electron chi connectivity index (χ3n) is 2.21. The fourth-order valence-electron chi connectivity index (χ4n) is 1.39. The zero-order chi connectivity index (χ0) is 10.7. The number of hydrogen-bond acceptors (Lipinski definition) is 3. The van der Waals surface area contributed by atoms with E-state index in [2.05, 4.69) is 28.4 Å². The molecule has 15 heavy (non-hydrogen) atoms. The second-order valence-corrected chi connectivity index (χ2v) is 3.18. The molecule has 0 aliphatic heterocycles. The van der Waals surface area contributed by atoms with E-state index in [-0.39, 0.29) is 0 Å². The van der Waals surface area contributed by atoms with Crippen LogP contribution in [0.5, 0.6) is 0 Å². The van der Waals surface area contributed by atoms with Gasteiger partial charge in [0.2, 0.25) is 0 Å². The number of nitriles is 1. The number of hydrogen-bond donors (Lipinski definition) is 1. The summed E-state index contributed by atoms with van der Waals surface area (Å²) in [7, 11) is 0. The number of nitrogens with one attached hydrogen (secondary N) is 1. The second kappa shape index (κ2) is 3.93. The predicted molar refractivity (Wildman–Crippen MR) is 54.8 cm³/mol. The van der Waals surface area contributed by atoms with Gasteiger partial charge in [0.15, 0.2) is 0 Å². The van der Waals surface area contributed by atoms with Crippen molar-refractivity contribution in [2.75, 3.05) is 0 Å². The first kappa shape index (κ1) is 9.41. The van der Waals surface area contributed by atoms with E-state index in [0.29, 0.717) is 17.7 Å². The lowest BCUT2D eigenvalue weighted by Gasteiger charge is -2.01. The lowest BCUT2D eigenvalue weighted by molar-refractivity contribution is 0.913. The normalized spacial score (nSPS) is 9.87. The molecule has 0 saturated carbocycles. The maximum absolute atomic E-state index is 8.91. The summed E-state index contributed by atoms with van der Waals surface area (Å²) in [5, 5.41) is 19.1. The van der Waals surface area contributed by atoms with Crippen LogP contribution in [0, 0.1) is 18.3 Å². The lowest BCUT2D eigenvalue weighted by atomic mass is 10.0. The molecular formula is C11H9N4. The molecule has 73 valence electrons. The van der Waals surface area contributed by atoms with Gasteiger partial charge < -0.3 is 0 Å². The van der Waals surface area contributed by atoms with E-state index in [9.17, 15) is 0 Å². The summed E-state index contributed by atoms with van der Waals surface area (Å²) in [6.45, 7) is 3.74. The molecule has 1 heterocycles. The Labute approximate surface area is 87.6 Å². The highest BCUT2D eigenvalue weighted by atomic mass is 15.3. The van der Waals surface area contributed by atoms with E-state index in [1.54, 1.807) is 6.07 Å². The second-order valence-electron chi connectivity index (χ2n) is 3.18. The standard InChI is InChI=1S/C11H9N4/c1-8-11(14-15-13-8)6-9-4-2-3-5-10(9)7-12/h2-5H,1,6H2,(H,13,14,15). The molecule has 0 bridgehead atoms. The van der Waals surface area contributed by atoms with Crippen LogP contribution in [-0.4, -0.2) is 15.4 Å². The van der Waals surface area contributed by atoms with Crippen molar-refractivity contribution in [2.24, 2.45) is 0 Å². The summed E-state index contributed by atoms with van der Waals surface area (Å²) < 4.78 is 0. The maximum atomic E-state index is 8.91. The van der Waals surface area contributed by atoms with Crippen LogP contribution in [0.1, 0.15) is 22.5 Å². The largest absolute Gasteiger partial charge is 0.262 e. The summed E-state index contributed by atoms with van der Waals surface area (Å²) >= 11 is 0. The average Bonchev–Trinajstić information content (AvgIpc) is 2.65. The van der Waals surface area contributed by atoms with E-state index in [1.165, 1.54) is 0 Å². The monoisotopic (exact) mass is 197 g/mol. The van der Waals surface area contributed by atoms with E-state index in [4.69, 9.17) is 5.26 Å². The number of H-pyrrole nitrogens is 1. The molecule has 4 nitrogen and oxygen atoms in total. The molecule has 1 radical (unpaired) electrons. The van der Waals surface area contributed by atoms with E-state index in [1.807, 2.05) is 18.2 Å². The number of nitrogens with zero attached hydrogens (tertiary/aromatic N) is 3. The highest BCUT2D eigenvalue weighted by Gasteiger charge is 2.06. The van der Waals surface area contributed by atoms with Crippen molar-refractivity contribution in [3.05, 3.63) is 53.7 Å². The van der Waals surface area contributed by atoms with E-state index in [0.717, 1.165) is 11.3 Å². The predicted octanol–water partition coefficient (Wildman–Crippen LogP) is 1.45. The van der Waals surface area contributed by atoms with Gasteiger partial charge in [-0.25, -0.2) is 0 Å². The smallest absolute Gasteiger partial charge is 0.0994 e. The zero-order valence-electron chi connectivity index (χ0n) is 8.07. The van der Waals surface area contributed by atoms with Gasteiger partial charge in [-0.05, 0) is 18.6 Å². The average molecular weight is 197 g/mol. The minimum atomic E-state index is 0.607. The summed E-state index contributed by atoms with van der Waals surface area (Å²) in [5.41, 5.74) is 3.10. The Kier molecular flexibility index (Phi) is 2.46. The van der Waals surface area contributed by atoms with Crippen molar-refractivity contribution in [1.82, 2.24) is 15.4 Å². The summed E-state index contributed by atoms with van der Waals surface area (Å²) in [6.07, 6.45) is 0.607. The number of benzene rings is 1. The van der Waals surface area contributed by atoms with Crippen LogP contribution in [0.25, 0.3) is 0 Å². The summed E-state index contributed by atoms with van der Waals surface area (Å²) in [4.78, 5) is 0. The number of aromatic amines is 1. The van der Waals surface area contributed by atoms with Crippen LogP contribution in [0.4, 0.5) is 0 Å². The third-order valence-corrected chi connectivity index (χ3v) is 2.21. The van der Waals surface area contributed by atoms with Crippen LogP contribution in [0.3, 0.4) is 0 Å². The van der Waals surface area contributed by atoms with Gasteiger partial charge in [-0.15, -0.1) is 5.10 Å². The highest BCUT2D eigenvalue weighted by molar-refractivity contribution is 5.39. The Morgan fingerprint density at radius 1 is 1.40 bits per heavy atom. The van der Waals surface area contributed by atoms with Gasteiger partial charge in [0.1, 0.15) is 0 Å². The fraction of sp³-hybridized carbons (Fsp3) is 0.0909. The lowest BCUT2D eigenvalue weighted by Crippen LogP contribution is -1.94.